The van der Waals surface area contributed by atoms with E-state index in [1.165, 1.54) is 6.92 Å². The number of hydrogen-bond acceptors (Lipinski definition) is 3. The van der Waals surface area contributed by atoms with Gasteiger partial charge in [0.2, 0.25) is 5.91 Å². The van der Waals surface area contributed by atoms with Crippen molar-refractivity contribution in [3.05, 3.63) is 47.5 Å². The van der Waals surface area contributed by atoms with Crippen molar-refractivity contribution in [2.24, 2.45) is 0 Å². The second-order valence-corrected chi connectivity index (χ2v) is 4.78. The molecule has 0 radical (unpaired) electrons. The third kappa shape index (κ3) is 5.78. The fraction of sp³-hybridized carbons (Fsp3) is 0.312. The summed E-state index contributed by atoms with van der Waals surface area (Å²) in [4.78, 5) is 33.9. The summed E-state index contributed by atoms with van der Waals surface area (Å²) in [7, 11) is 0. The molecular weight excluding hydrogens is 284 g/mol. The summed E-state index contributed by atoms with van der Waals surface area (Å²) in [5.74, 6) is -1.65. The van der Waals surface area contributed by atoms with E-state index >= 15 is 0 Å². The number of carbonyl (C=O) groups excluding carboxylic acids is 2. The molecule has 6 nitrogen and oxygen atoms in total. The fourth-order valence-corrected chi connectivity index (χ4v) is 1.74. The van der Waals surface area contributed by atoms with Gasteiger partial charge in [-0.05, 0) is 31.0 Å². The molecule has 1 unspecified atom stereocenters. The first-order chi connectivity index (χ1) is 10.4. The van der Waals surface area contributed by atoms with E-state index in [4.69, 9.17) is 5.11 Å². The van der Waals surface area contributed by atoms with Gasteiger partial charge < -0.3 is 15.7 Å². The molecule has 0 heterocycles. The van der Waals surface area contributed by atoms with Crippen LogP contribution in [0.1, 0.15) is 36.2 Å². The Morgan fingerprint density at radius 2 is 1.86 bits per heavy atom. The Morgan fingerprint density at radius 1 is 1.23 bits per heavy atom. The Morgan fingerprint density at radius 3 is 2.36 bits per heavy atom. The molecule has 0 aromatic heterocycles. The minimum absolute atomic E-state index is 0.130. The van der Waals surface area contributed by atoms with Crippen LogP contribution in [-0.4, -0.2) is 28.9 Å². The van der Waals surface area contributed by atoms with Crippen molar-refractivity contribution in [1.29, 1.82) is 0 Å². The Hall–Kier alpha value is -2.63. The van der Waals surface area contributed by atoms with E-state index in [1.807, 2.05) is 0 Å². The maximum absolute atomic E-state index is 12.0. The van der Waals surface area contributed by atoms with E-state index in [9.17, 15) is 14.4 Å². The van der Waals surface area contributed by atoms with Crippen molar-refractivity contribution >= 4 is 17.8 Å². The summed E-state index contributed by atoms with van der Waals surface area (Å²) in [6, 6.07) is 5.67. The molecule has 0 aliphatic heterocycles. The molecule has 0 fully saturated rings. The van der Waals surface area contributed by atoms with Gasteiger partial charge in [0.05, 0.1) is 0 Å². The fourth-order valence-electron chi connectivity index (χ4n) is 1.74. The van der Waals surface area contributed by atoms with Crippen molar-refractivity contribution in [2.45, 2.75) is 32.9 Å². The molecule has 2 amide bonds. The quantitative estimate of drug-likeness (QED) is 0.665. The zero-order valence-corrected chi connectivity index (χ0v) is 12.6. The highest BCUT2D eigenvalue weighted by Gasteiger charge is 2.19. The topological polar surface area (TPSA) is 95.5 Å². The van der Waals surface area contributed by atoms with Crippen LogP contribution in [0, 0.1) is 0 Å². The van der Waals surface area contributed by atoms with Crippen LogP contribution in [0.4, 0.5) is 0 Å². The van der Waals surface area contributed by atoms with E-state index in [0.29, 0.717) is 12.1 Å². The van der Waals surface area contributed by atoms with Gasteiger partial charge in [-0.1, -0.05) is 24.3 Å². The normalized spacial score (nSPS) is 11.9. The van der Waals surface area contributed by atoms with Gasteiger partial charge in [0.25, 0.3) is 5.91 Å². The average Bonchev–Trinajstić information content (AvgIpc) is 2.49. The third-order valence-electron chi connectivity index (χ3n) is 2.97. The summed E-state index contributed by atoms with van der Waals surface area (Å²) < 4.78 is 0. The number of benzene rings is 1. The molecule has 0 spiro atoms. The van der Waals surface area contributed by atoms with Crippen LogP contribution < -0.4 is 10.6 Å². The summed E-state index contributed by atoms with van der Waals surface area (Å²) in [6.07, 6.45) is 3.66. The van der Waals surface area contributed by atoms with Gasteiger partial charge in [0.1, 0.15) is 6.04 Å². The van der Waals surface area contributed by atoms with Crippen LogP contribution in [0.25, 0.3) is 0 Å². The van der Waals surface area contributed by atoms with Gasteiger partial charge in [-0.15, -0.1) is 0 Å². The van der Waals surface area contributed by atoms with E-state index in [2.05, 4.69) is 10.6 Å². The predicted octanol–water partition coefficient (Wildman–Crippen LogP) is 1.47. The monoisotopic (exact) mass is 304 g/mol. The van der Waals surface area contributed by atoms with Gasteiger partial charge in [-0.2, -0.15) is 0 Å². The summed E-state index contributed by atoms with van der Waals surface area (Å²) in [5, 5.41) is 14.2. The van der Waals surface area contributed by atoms with Gasteiger partial charge >= 0.3 is 5.97 Å². The average molecular weight is 304 g/mol. The van der Waals surface area contributed by atoms with Gasteiger partial charge in [-0.25, -0.2) is 4.79 Å². The molecule has 22 heavy (non-hydrogen) atoms. The van der Waals surface area contributed by atoms with Crippen molar-refractivity contribution in [3.63, 3.8) is 0 Å². The molecule has 1 aromatic carbocycles. The lowest BCUT2D eigenvalue weighted by Gasteiger charge is -2.13. The molecule has 0 aliphatic rings. The maximum atomic E-state index is 12.0. The Kier molecular flexibility index (Phi) is 6.82. The number of hydrogen-bond donors (Lipinski definition) is 3. The molecule has 3 N–H and O–H groups in total. The maximum Gasteiger partial charge on any atom is 0.326 e. The first-order valence-electron chi connectivity index (χ1n) is 6.92. The Balaban J connectivity index is 2.68. The summed E-state index contributed by atoms with van der Waals surface area (Å²) >= 11 is 0. The number of allylic oxidation sites excluding steroid dienone is 1. The lowest BCUT2D eigenvalue weighted by atomic mass is 10.1. The lowest BCUT2D eigenvalue weighted by Crippen LogP contribution is -2.40. The molecular formula is C16H20N2O4. The SMILES string of the molecule is C/C=C/CC(NC(=O)c1ccc(CNC(C)=O)cc1)C(=O)O. The highest BCUT2D eigenvalue weighted by Crippen LogP contribution is 2.06. The second kappa shape index (κ2) is 8.61. The van der Waals surface area contributed by atoms with Crippen LogP contribution in [0.2, 0.25) is 0 Å². The number of carboxylic acid groups (broad SMARTS) is 1. The zero-order valence-electron chi connectivity index (χ0n) is 12.6. The molecule has 0 aliphatic carbocycles. The van der Waals surface area contributed by atoms with Gasteiger partial charge in [0.15, 0.2) is 0 Å². The molecule has 0 saturated carbocycles. The van der Waals surface area contributed by atoms with Crippen LogP contribution in [0.15, 0.2) is 36.4 Å². The van der Waals surface area contributed by atoms with Gasteiger partial charge in [0, 0.05) is 19.0 Å². The smallest absolute Gasteiger partial charge is 0.326 e. The van der Waals surface area contributed by atoms with Crippen molar-refractivity contribution in [2.75, 3.05) is 0 Å². The minimum Gasteiger partial charge on any atom is -0.480 e. The van der Waals surface area contributed by atoms with Crippen LogP contribution in [-0.2, 0) is 16.1 Å². The van der Waals surface area contributed by atoms with Crippen LogP contribution in [0.3, 0.4) is 0 Å². The van der Waals surface area contributed by atoms with Gasteiger partial charge in [-0.3, -0.25) is 9.59 Å². The minimum atomic E-state index is -1.08. The number of carbonyl (C=O) groups is 3. The predicted molar refractivity (Wildman–Crippen MR) is 82.3 cm³/mol. The van der Waals surface area contributed by atoms with E-state index in [1.54, 1.807) is 43.3 Å². The summed E-state index contributed by atoms with van der Waals surface area (Å²) in [6.45, 7) is 3.60. The molecule has 1 atom stereocenters. The van der Waals surface area contributed by atoms with E-state index in [-0.39, 0.29) is 12.3 Å². The first kappa shape index (κ1) is 17.4. The first-order valence-corrected chi connectivity index (χ1v) is 6.92. The Labute approximate surface area is 129 Å². The molecule has 0 saturated heterocycles. The van der Waals surface area contributed by atoms with Crippen molar-refractivity contribution in [3.8, 4) is 0 Å². The van der Waals surface area contributed by atoms with E-state index in [0.717, 1.165) is 5.56 Å². The highest BCUT2D eigenvalue weighted by atomic mass is 16.4. The van der Waals surface area contributed by atoms with E-state index < -0.39 is 17.9 Å². The number of aliphatic carboxylic acids is 1. The second-order valence-electron chi connectivity index (χ2n) is 4.78. The zero-order chi connectivity index (χ0) is 16.5. The molecule has 1 rings (SSSR count). The van der Waals surface area contributed by atoms with Crippen LogP contribution >= 0.6 is 0 Å². The Bertz CT molecular complexity index is 564. The largest absolute Gasteiger partial charge is 0.480 e. The van der Waals surface area contributed by atoms with Crippen LogP contribution in [0.5, 0.6) is 0 Å². The number of carboxylic acids is 1. The molecule has 0 bridgehead atoms. The molecule has 6 heteroatoms. The standard InChI is InChI=1S/C16H20N2O4/c1-3-4-5-14(16(21)22)18-15(20)13-8-6-12(7-9-13)10-17-11(2)19/h3-4,6-9,14H,5,10H2,1-2H3,(H,17,19)(H,18,20)(H,21,22)/b4-3+. The highest BCUT2D eigenvalue weighted by molar-refractivity contribution is 5.96. The number of rotatable bonds is 7. The number of amides is 2. The molecule has 1 aromatic rings. The lowest BCUT2D eigenvalue weighted by molar-refractivity contribution is -0.139. The molecule has 118 valence electrons. The van der Waals surface area contributed by atoms with Crippen molar-refractivity contribution in [1.82, 2.24) is 10.6 Å². The summed E-state index contributed by atoms with van der Waals surface area (Å²) in [5.41, 5.74) is 1.23. The third-order valence-corrected chi connectivity index (χ3v) is 2.97. The van der Waals surface area contributed by atoms with Crippen molar-refractivity contribution < 1.29 is 19.5 Å². The number of nitrogens with one attached hydrogen (secondary N) is 2.